The van der Waals surface area contributed by atoms with E-state index in [4.69, 9.17) is 0 Å². The summed E-state index contributed by atoms with van der Waals surface area (Å²) in [5.41, 5.74) is 0.492. The molecule has 0 aromatic carbocycles. The van der Waals surface area contributed by atoms with Crippen molar-refractivity contribution >= 4 is 0 Å². The van der Waals surface area contributed by atoms with Gasteiger partial charge in [-0.3, -0.25) is 4.39 Å². The molecule has 0 aromatic rings. The fourth-order valence-electron chi connectivity index (χ4n) is 5.80. The molecule has 1 nitrogen and oxygen atoms in total. The Kier molecular flexibility index (Phi) is 8.05. The van der Waals surface area contributed by atoms with Crippen LogP contribution in [-0.4, -0.2) is 17.9 Å². The van der Waals surface area contributed by atoms with Crippen LogP contribution in [0.5, 0.6) is 0 Å². The van der Waals surface area contributed by atoms with E-state index in [0.717, 1.165) is 6.42 Å². The minimum absolute atomic E-state index is 0.208. The highest BCUT2D eigenvalue weighted by Gasteiger charge is 2.47. The van der Waals surface area contributed by atoms with E-state index in [1.165, 1.54) is 32.1 Å². The first-order valence-electron chi connectivity index (χ1n) is 11.3. The van der Waals surface area contributed by atoms with Crippen molar-refractivity contribution in [1.29, 1.82) is 0 Å². The molecule has 0 aromatic heterocycles. The van der Waals surface area contributed by atoms with Crippen LogP contribution in [0.25, 0.3) is 0 Å². The predicted molar refractivity (Wildman–Crippen MR) is 117 cm³/mol. The van der Waals surface area contributed by atoms with Gasteiger partial charge in [-0.05, 0) is 72.0 Å². The lowest BCUT2D eigenvalue weighted by atomic mass is 9.53. The van der Waals surface area contributed by atoms with Gasteiger partial charge >= 0.3 is 0 Å². The molecule has 1 N–H and O–H groups in total. The van der Waals surface area contributed by atoms with Crippen LogP contribution in [0.15, 0.2) is 0 Å². The highest BCUT2D eigenvalue weighted by Crippen LogP contribution is 2.55. The zero-order chi connectivity index (χ0) is 21.3. The first-order valence-corrected chi connectivity index (χ1v) is 11.3. The Bertz CT molecular complexity index is 455. The molecule has 1 aliphatic rings. The zero-order valence-electron chi connectivity index (χ0n) is 20.1. The fourth-order valence-corrected chi connectivity index (χ4v) is 5.80. The summed E-state index contributed by atoms with van der Waals surface area (Å²) in [4.78, 5) is 0. The Morgan fingerprint density at radius 3 is 1.96 bits per heavy atom. The molecule has 0 aliphatic heterocycles. The maximum absolute atomic E-state index is 13.5. The molecule has 4 atom stereocenters. The molecule has 0 spiro atoms. The smallest absolute Gasteiger partial charge is 0.0945 e. The molecular formula is C25H49FO. The van der Waals surface area contributed by atoms with Crippen LogP contribution < -0.4 is 0 Å². The first-order chi connectivity index (χ1) is 12.0. The van der Waals surface area contributed by atoms with E-state index in [2.05, 4.69) is 48.5 Å². The second kappa shape index (κ2) is 8.72. The number of hydrogen-bond acceptors (Lipinski definition) is 1. The Morgan fingerprint density at radius 1 is 0.963 bits per heavy atom. The minimum atomic E-state index is -0.356. The molecule has 27 heavy (non-hydrogen) atoms. The van der Waals surface area contributed by atoms with Gasteiger partial charge < -0.3 is 5.11 Å². The average molecular weight is 385 g/mol. The van der Waals surface area contributed by atoms with Crippen molar-refractivity contribution in [2.24, 2.45) is 39.4 Å². The Labute approximate surface area is 169 Å². The molecule has 0 bridgehead atoms. The molecule has 162 valence electrons. The maximum Gasteiger partial charge on any atom is 0.0945 e. The van der Waals surface area contributed by atoms with Crippen molar-refractivity contribution in [2.75, 3.05) is 6.67 Å². The molecule has 1 rings (SSSR count). The second-order valence-electron chi connectivity index (χ2n) is 12.9. The summed E-state index contributed by atoms with van der Waals surface area (Å²) in [5.74, 6) is 1.39. The van der Waals surface area contributed by atoms with Gasteiger partial charge in [0.25, 0.3) is 0 Å². The number of alkyl halides is 1. The molecule has 0 heterocycles. The first kappa shape index (κ1) is 24.9. The van der Waals surface area contributed by atoms with E-state index in [-0.39, 0.29) is 34.9 Å². The number of rotatable bonds is 8. The van der Waals surface area contributed by atoms with E-state index in [1.54, 1.807) is 0 Å². The van der Waals surface area contributed by atoms with E-state index >= 15 is 0 Å². The van der Waals surface area contributed by atoms with Crippen LogP contribution in [0.3, 0.4) is 0 Å². The van der Waals surface area contributed by atoms with Crippen LogP contribution >= 0.6 is 0 Å². The maximum atomic E-state index is 13.5. The average Bonchev–Trinajstić information content (AvgIpc) is 2.50. The predicted octanol–water partition coefficient (Wildman–Crippen LogP) is 7.66. The van der Waals surface area contributed by atoms with Gasteiger partial charge in [-0.15, -0.1) is 0 Å². The van der Waals surface area contributed by atoms with Crippen molar-refractivity contribution in [3.05, 3.63) is 0 Å². The molecular weight excluding hydrogens is 335 g/mol. The molecule has 4 unspecified atom stereocenters. The van der Waals surface area contributed by atoms with Gasteiger partial charge in [-0.25, -0.2) is 0 Å². The molecule has 0 saturated heterocycles. The third-order valence-electron chi connectivity index (χ3n) is 7.83. The van der Waals surface area contributed by atoms with E-state index < -0.39 is 0 Å². The van der Waals surface area contributed by atoms with Crippen LogP contribution in [0.2, 0.25) is 0 Å². The number of aliphatic hydroxyl groups excluding tert-OH is 1. The van der Waals surface area contributed by atoms with Crippen LogP contribution in [0.1, 0.15) is 108 Å². The summed E-state index contributed by atoms with van der Waals surface area (Å²) in [6.45, 7) is 22.5. The van der Waals surface area contributed by atoms with Gasteiger partial charge in [-0.2, -0.15) is 0 Å². The third-order valence-corrected chi connectivity index (χ3v) is 7.83. The van der Waals surface area contributed by atoms with Crippen LogP contribution in [-0.2, 0) is 0 Å². The standard InChI is InChI=1S/C25H49FO/c1-18(27)21(15-23(5,6)17-26)19-12-11-13-20(14-19)25(9,10)24(7,8)16-22(2,3)4/h18-21,27H,11-17H2,1-10H3. The lowest BCUT2D eigenvalue weighted by molar-refractivity contribution is -0.0400. The van der Waals surface area contributed by atoms with Crippen molar-refractivity contribution in [2.45, 2.75) is 114 Å². The summed E-state index contributed by atoms with van der Waals surface area (Å²) in [7, 11) is 0. The normalized spacial score (nSPS) is 25.3. The van der Waals surface area contributed by atoms with Gasteiger partial charge in [0.15, 0.2) is 0 Å². The Hall–Kier alpha value is -0.110. The highest BCUT2D eigenvalue weighted by atomic mass is 19.1. The van der Waals surface area contributed by atoms with E-state index in [1.807, 2.05) is 20.8 Å². The second-order valence-corrected chi connectivity index (χ2v) is 12.9. The summed E-state index contributed by atoms with van der Waals surface area (Å²) in [6, 6.07) is 0. The summed E-state index contributed by atoms with van der Waals surface area (Å²) in [5, 5.41) is 10.5. The molecule has 0 radical (unpaired) electrons. The molecule has 1 aliphatic carbocycles. The van der Waals surface area contributed by atoms with Gasteiger partial charge in [-0.1, -0.05) is 75.2 Å². The molecule has 1 saturated carbocycles. The van der Waals surface area contributed by atoms with Gasteiger partial charge in [0.05, 0.1) is 12.8 Å². The van der Waals surface area contributed by atoms with Crippen molar-refractivity contribution < 1.29 is 9.50 Å². The van der Waals surface area contributed by atoms with Crippen LogP contribution in [0, 0.1) is 39.4 Å². The largest absolute Gasteiger partial charge is 0.393 e. The molecule has 2 heteroatoms. The number of hydrogen-bond donors (Lipinski definition) is 1. The summed E-state index contributed by atoms with van der Waals surface area (Å²) in [6.07, 6.45) is 6.53. The Balaban J connectivity index is 2.99. The quantitative estimate of drug-likeness (QED) is 0.455. The SMILES string of the molecule is CC(O)C(CC(C)(C)CF)C1CCCC(C(C)(C)C(C)(C)CC(C)(C)C)C1. The molecule has 1 fully saturated rings. The molecule has 0 amide bonds. The monoisotopic (exact) mass is 384 g/mol. The number of aliphatic hydroxyl groups is 1. The van der Waals surface area contributed by atoms with Crippen molar-refractivity contribution in [3.63, 3.8) is 0 Å². The van der Waals surface area contributed by atoms with Crippen molar-refractivity contribution in [1.82, 2.24) is 0 Å². The Morgan fingerprint density at radius 2 is 1.52 bits per heavy atom. The minimum Gasteiger partial charge on any atom is -0.393 e. The third kappa shape index (κ3) is 6.72. The topological polar surface area (TPSA) is 20.2 Å². The zero-order valence-corrected chi connectivity index (χ0v) is 20.1. The summed E-state index contributed by atoms with van der Waals surface area (Å²) >= 11 is 0. The fraction of sp³-hybridized carbons (Fsp3) is 1.00. The van der Waals surface area contributed by atoms with Gasteiger partial charge in [0.1, 0.15) is 0 Å². The summed E-state index contributed by atoms with van der Waals surface area (Å²) < 4.78 is 13.5. The van der Waals surface area contributed by atoms with E-state index in [9.17, 15) is 9.50 Å². The number of halogens is 1. The lowest BCUT2D eigenvalue weighted by Gasteiger charge is -2.53. The van der Waals surface area contributed by atoms with Gasteiger partial charge in [0.2, 0.25) is 0 Å². The van der Waals surface area contributed by atoms with Gasteiger partial charge in [0, 0.05) is 0 Å². The lowest BCUT2D eigenvalue weighted by Crippen LogP contribution is -2.44. The van der Waals surface area contributed by atoms with Crippen LogP contribution in [0.4, 0.5) is 4.39 Å². The highest BCUT2D eigenvalue weighted by molar-refractivity contribution is 4.96. The van der Waals surface area contributed by atoms with E-state index in [0.29, 0.717) is 17.3 Å². The van der Waals surface area contributed by atoms with Crippen molar-refractivity contribution in [3.8, 4) is 0 Å².